The maximum Gasteiger partial charge on any atom is 0.319 e. The molecule has 2 N–H and O–H groups in total. The standard InChI is InChI=1S/C13H14N2OS/c16-13(14-8-9-17)15-12-7-3-5-10-4-1-2-6-11(10)12/h1-7,17H,8-9H2,(H2,14,15,16). The summed E-state index contributed by atoms with van der Waals surface area (Å²) in [7, 11) is 0. The van der Waals surface area contributed by atoms with Crippen molar-refractivity contribution in [3.63, 3.8) is 0 Å². The first kappa shape index (κ1) is 11.8. The minimum atomic E-state index is -0.199. The van der Waals surface area contributed by atoms with Crippen LogP contribution in [0.2, 0.25) is 0 Å². The van der Waals surface area contributed by atoms with Gasteiger partial charge in [-0.2, -0.15) is 12.6 Å². The van der Waals surface area contributed by atoms with Crippen LogP contribution in [0.25, 0.3) is 10.8 Å². The number of anilines is 1. The van der Waals surface area contributed by atoms with E-state index in [2.05, 4.69) is 23.3 Å². The highest BCUT2D eigenvalue weighted by molar-refractivity contribution is 7.80. The van der Waals surface area contributed by atoms with E-state index in [4.69, 9.17) is 0 Å². The van der Waals surface area contributed by atoms with Gasteiger partial charge in [0.15, 0.2) is 0 Å². The first-order chi connectivity index (χ1) is 8.31. The van der Waals surface area contributed by atoms with Crippen molar-refractivity contribution in [2.75, 3.05) is 17.6 Å². The van der Waals surface area contributed by atoms with E-state index < -0.39 is 0 Å². The average molecular weight is 246 g/mol. The summed E-state index contributed by atoms with van der Waals surface area (Å²) in [5.41, 5.74) is 0.819. The van der Waals surface area contributed by atoms with Gasteiger partial charge in [0, 0.05) is 17.7 Å². The molecule has 3 nitrogen and oxygen atoms in total. The third kappa shape index (κ3) is 2.91. The smallest absolute Gasteiger partial charge is 0.319 e. The predicted octanol–water partition coefficient (Wildman–Crippen LogP) is 2.89. The fourth-order valence-corrected chi connectivity index (χ4v) is 1.78. The third-order valence-corrected chi connectivity index (χ3v) is 2.66. The van der Waals surface area contributed by atoms with Gasteiger partial charge in [-0.3, -0.25) is 0 Å². The maximum absolute atomic E-state index is 11.6. The summed E-state index contributed by atoms with van der Waals surface area (Å²) in [5, 5.41) is 7.70. The Hall–Kier alpha value is -1.68. The number of benzene rings is 2. The van der Waals surface area contributed by atoms with Crippen molar-refractivity contribution in [2.24, 2.45) is 0 Å². The number of hydrogen-bond donors (Lipinski definition) is 3. The molecule has 0 saturated carbocycles. The number of carbonyl (C=O) groups is 1. The molecule has 2 aromatic rings. The Morgan fingerprint density at radius 2 is 1.88 bits per heavy atom. The molecule has 2 rings (SSSR count). The zero-order valence-corrected chi connectivity index (χ0v) is 10.2. The number of amides is 2. The van der Waals surface area contributed by atoms with Gasteiger partial charge in [0.1, 0.15) is 0 Å². The van der Waals surface area contributed by atoms with Crippen LogP contribution in [0, 0.1) is 0 Å². The Kier molecular flexibility index (Phi) is 3.88. The van der Waals surface area contributed by atoms with Gasteiger partial charge in [0.05, 0.1) is 5.69 Å². The van der Waals surface area contributed by atoms with Crippen LogP contribution in [0.4, 0.5) is 10.5 Å². The molecule has 17 heavy (non-hydrogen) atoms. The summed E-state index contributed by atoms with van der Waals surface area (Å²) in [6.07, 6.45) is 0. The van der Waals surface area contributed by atoms with Gasteiger partial charge >= 0.3 is 6.03 Å². The molecule has 0 aliphatic carbocycles. The van der Waals surface area contributed by atoms with Crippen molar-refractivity contribution < 1.29 is 4.79 Å². The van der Waals surface area contributed by atoms with Crippen LogP contribution in [0.1, 0.15) is 0 Å². The van der Waals surface area contributed by atoms with Crippen molar-refractivity contribution in [3.05, 3.63) is 42.5 Å². The molecule has 2 amide bonds. The number of hydrogen-bond acceptors (Lipinski definition) is 2. The molecule has 2 aromatic carbocycles. The first-order valence-electron chi connectivity index (χ1n) is 5.45. The topological polar surface area (TPSA) is 41.1 Å². The van der Waals surface area contributed by atoms with E-state index in [1.54, 1.807) is 0 Å². The van der Waals surface area contributed by atoms with E-state index >= 15 is 0 Å². The molecule has 0 aliphatic rings. The number of fused-ring (bicyclic) bond motifs is 1. The molecule has 0 bridgehead atoms. The second-order valence-electron chi connectivity index (χ2n) is 3.63. The SMILES string of the molecule is O=C(NCCS)Nc1cccc2ccccc12. The number of carbonyl (C=O) groups excluding carboxylic acids is 1. The van der Waals surface area contributed by atoms with E-state index in [0.717, 1.165) is 16.5 Å². The van der Waals surface area contributed by atoms with Gasteiger partial charge in [0.25, 0.3) is 0 Å². The van der Waals surface area contributed by atoms with Gasteiger partial charge < -0.3 is 10.6 Å². The highest BCUT2D eigenvalue weighted by Gasteiger charge is 2.03. The van der Waals surface area contributed by atoms with Gasteiger partial charge in [0.2, 0.25) is 0 Å². The molecule has 4 heteroatoms. The number of rotatable bonds is 3. The average Bonchev–Trinajstić information content (AvgIpc) is 2.37. The van der Waals surface area contributed by atoms with Gasteiger partial charge in [-0.1, -0.05) is 36.4 Å². The quantitative estimate of drug-likeness (QED) is 0.716. The molecular formula is C13H14N2OS. The Balaban J connectivity index is 2.21. The summed E-state index contributed by atoms with van der Waals surface area (Å²) in [6.45, 7) is 0.555. The monoisotopic (exact) mass is 246 g/mol. The molecule has 0 aromatic heterocycles. The molecule has 0 aliphatic heterocycles. The van der Waals surface area contributed by atoms with Gasteiger partial charge in [-0.15, -0.1) is 0 Å². The lowest BCUT2D eigenvalue weighted by Crippen LogP contribution is -2.30. The molecular weight excluding hydrogens is 232 g/mol. The maximum atomic E-state index is 11.6. The number of urea groups is 1. The highest BCUT2D eigenvalue weighted by Crippen LogP contribution is 2.22. The van der Waals surface area contributed by atoms with Crippen molar-refractivity contribution in [2.45, 2.75) is 0 Å². The molecule has 0 radical (unpaired) electrons. The fraction of sp³-hybridized carbons (Fsp3) is 0.154. The minimum Gasteiger partial charge on any atom is -0.337 e. The molecule has 0 unspecified atom stereocenters. The lowest BCUT2D eigenvalue weighted by Gasteiger charge is -2.09. The van der Waals surface area contributed by atoms with E-state index in [9.17, 15) is 4.79 Å². The number of nitrogens with one attached hydrogen (secondary N) is 2. The lowest BCUT2D eigenvalue weighted by atomic mass is 10.1. The second kappa shape index (κ2) is 5.59. The minimum absolute atomic E-state index is 0.199. The largest absolute Gasteiger partial charge is 0.337 e. The lowest BCUT2D eigenvalue weighted by molar-refractivity contribution is 0.252. The number of thiol groups is 1. The summed E-state index contributed by atoms with van der Waals surface area (Å²) in [5.74, 6) is 0.628. The predicted molar refractivity (Wildman–Crippen MR) is 74.8 cm³/mol. The zero-order valence-electron chi connectivity index (χ0n) is 9.31. The Morgan fingerprint density at radius 1 is 1.12 bits per heavy atom. The summed E-state index contributed by atoms with van der Waals surface area (Å²) in [4.78, 5) is 11.6. The van der Waals surface area contributed by atoms with E-state index in [1.807, 2.05) is 42.5 Å². The fourth-order valence-electron chi connectivity index (χ4n) is 1.67. The van der Waals surface area contributed by atoms with E-state index in [1.165, 1.54) is 0 Å². The third-order valence-electron chi connectivity index (χ3n) is 2.44. The Morgan fingerprint density at radius 3 is 2.71 bits per heavy atom. The van der Waals surface area contributed by atoms with E-state index in [0.29, 0.717) is 12.3 Å². The Bertz CT molecular complexity index is 522. The molecule has 0 saturated heterocycles. The molecule has 0 fully saturated rings. The van der Waals surface area contributed by atoms with Crippen molar-refractivity contribution in [1.29, 1.82) is 0 Å². The molecule has 0 spiro atoms. The first-order valence-corrected chi connectivity index (χ1v) is 6.08. The van der Waals surface area contributed by atoms with Crippen LogP contribution in [-0.2, 0) is 0 Å². The van der Waals surface area contributed by atoms with Crippen LogP contribution in [-0.4, -0.2) is 18.3 Å². The van der Waals surface area contributed by atoms with Gasteiger partial charge in [-0.05, 0) is 11.5 Å². The van der Waals surface area contributed by atoms with Crippen LogP contribution in [0.5, 0.6) is 0 Å². The zero-order chi connectivity index (χ0) is 12.1. The highest BCUT2D eigenvalue weighted by atomic mass is 32.1. The normalized spacial score (nSPS) is 10.2. The summed E-state index contributed by atoms with van der Waals surface area (Å²) >= 11 is 4.04. The van der Waals surface area contributed by atoms with Crippen LogP contribution in [0.3, 0.4) is 0 Å². The van der Waals surface area contributed by atoms with Crippen molar-refractivity contribution in [1.82, 2.24) is 5.32 Å². The molecule has 0 atom stereocenters. The van der Waals surface area contributed by atoms with Gasteiger partial charge in [-0.25, -0.2) is 4.79 Å². The summed E-state index contributed by atoms with van der Waals surface area (Å²) < 4.78 is 0. The Labute approximate surface area is 106 Å². The molecule has 88 valence electrons. The van der Waals surface area contributed by atoms with Crippen LogP contribution >= 0.6 is 12.6 Å². The second-order valence-corrected chi connectivity index (χ2v) is 4.08. The van der Waals surface area contributed by atoms with Crippen molar-refractivity contribution in [3.8, 4) is 0 Å². The molecule has 0 heterocycles. The van der Waals surface area contributed by atoms with Crippen LogP contribution in [0.15, 0.2) is 42.5 Å². The van der Waals surface area contributed by atoms with Crippen molar-refractivity contribution >= 4 is 35.1 Å². The van der Waals surface area contributed by atoms with E-state index in [-0.39, 0.29) is 6.03 Å². The van der Waals surface area contributed by atoms with Crippen LogP contribution < -0.4 is 10.6 Å². The summed E-state index contributed by atoms with van der Waals surface area (Å²) in [6, 6.07) is 13.6.